The van der Waals surface area contributed by atoms with E-state index in [1.54, 1.807) is 14.0 Å². The number of ether oxygens (including phenoxy) is 3. The minimum atomic E-state index is -0.305. The van der Waals surface area contributed by atoms with Crippen LogP contribution in [0.25, 0.3) is 4.96 Å². The van der Waals surface area contributed by atoms with Crippen LogP contribution in [-0.4, -0.2) is 64.0 Å². The van der Waals surface area contributed by atoms with E-state index in [1.807, 2.05) is 32.0 Å². The van der Waals surface area contributed by atoms with Gasteiger partial charge in [0.1, 0.15) is 5.82 Å². The highest BCUT2D eigenvalue weighted by Crippen LogP contribution is 2.43. The van der Waals surface area contributed by atoms with Crippen LogP contribution >= 0.6 is 11.3 Å². The van der Waals surface area contributed by atoms with Crippen LogP contribution in [-0.2, 0) is 9.53 Å². The summed E-state index contributed by atoms with van der Waals surface area (Å²) in [6.07, 6.45) is 1.64. The number of rotatable bonds is 8. The van der Waals surface area contributed by atoms with E-state index >= 15 is 0 Å². The smallest absolute Gasteiger partial charge is 0.310 e. The zero-order valence-corrected chi connectivity index (χ0v) is 20.2. The van der Waals surface area contributed by atoms with E-state index in [0.717, 1.165) is 29.8 Å². The molecule has 1 aliphatic heterocycles. The average molecular weight is 475 g/mol. The molecule has 0 bridgehead atoms. The number of aromatic hydroxyl groups is 1. The van der Waals surface area contributed by atoms with Gasteiger partial charge in [-0.2, -0.15) is 4.52 Å². The van der Waals surface area contributed by atoms with E-state index in [4.69, 9.17) is 14.2 Å². The van der Waals surface area contributed by atoms with Crippen LogP contribution in [0.3, 0.4) is 0 Å². The Morgan fingerprint density at radius 3 is 2.82 bits per heavy atom. The lowest BCUT2D eigenvalue weighted by molar-refractivity contribution is -0.150. The number of benzene rings is 1. The van der Waals surface area contributed by atoms with Crippen LogP contribution in [0.2, 0.25) is 0 Å². The Morgan fingerprint density at radius 1 is 1.30 bits per heavy atom. The third-order valence-corrected chi connectivity index (χ3v) is 6.87. The summed E-state index contributed by atoms with van der Waals surface area (Å²) in [5.41, 5.74) is 0.927. The van der Waals surface area contributed by atoms with E-state index in [-0.39, 0.29) is 23.8 Å². The van der Waals surface area contributed by atoms with E-state index < -0.39 is 0 Å². The summed E-state index contributed by atoms with van der Waals surface area (Å²) in [5, 5.41) is 15.4. The zero-order chi connectivity index (χ0) is 23.5. The lowest BCUT2D eigenvalue weighted by Crippen LogP contribution is -2.41. The minimum absolute atomic E-state index is 0.0618. The van der Waals surface area contributed by atoms with Crippen LogP contribution < -0.4 is 9.47 Å². The van der Waals surface area contributed by atoms with E-state index in [9.17, 15) is 9.90 Å². The second-order valence-corrected chi connectivity index (χ2v) is 8.98. The molecule has 0 radical (unpaired) electrons. The van der Waals surface area contributed by atoms with Gasteiger partial charge < -0.3 is 19.3 Å². The second-order valence-electron chi connectivity index (χ2n) is 7.98. The van der Waals surface area contributed by atoms with Crippen molar-refractivity contribution < 1.29 is 24.1 Å². The Kier molecular flexibility index (Phi) is 7.04. The molecule has 3 aromatic rings. The van der Waals surface area contributed by atoms with Crippen molar-refractivity contribution in [1.29, 1.82) is 0 Å². The van der Waals surface area contributed by atoms with Crippen LogP contribution in [0.4, 0.5) is 0 Å². The molecule has 1 saturated heterocycles. The number of fused-ring (bicyclic) bond motifs is 1. The zero-order valence-electron chi connectivity index (χ0n) is 19.4. The highest BCUT2D eigenvalue weighted by atomic mass is 32.1. The first-order chi connectivity index (χ1) is 16.0. The molecule has 2 atom stereocenters. The normalized spacial score (nSPS) is 17.8. The van der Waals surface area contributed by atoms with Crippen LogP contribution in [0, 0.1) is 12.8 Å². The minimum Gasteiger partial charge on any atom is -0.493 e. The molecule has 4 rings (SSSR count). The van der Waals surface area contributed by atoms with Gasteiger partial charge in [-0.25, -0.2) is 4.98 Å². The van der Waals surface area contributed by atoms with Crippen molar-refractivity contribution in [2.75, 3.05) is 33.4 Å². The maximum absolute atomic E-state index is 12.5. The molecule has 0 spiro atoms. The Labute approximate surface area is 196 Å². The Hall–Kier alpha value is -2.85. The topological polar surface area (TPSA) is 98.4 Å². The van der Waals surface area contributed by atoms with Gasteiger partial charge in [-0.05, 0) is 57.9 Å². The molecule has 2 aromatic heterocycles. The fourth-order valence-electron chi connectivity index (χ4n) is 4.38. The number of carbonyl (C=O) groups excluding carboxylic acids is 1. The van der Waals surface area contributed by atoms with Gasteiger partial charge in [0, 0.05) is 6.54 Å². The number of methoxy groups -OCH3 is 1. The molecule has 0 unspecified atom stereocenters. The third kappa shape index (κ3) is 4.63. The Bertz CT molecular complexity index is 1130. The van der Waals surface area contributed by atoms with Gasteiger partial charge in [0.15, 0.2) is 11.5 Å². The number of aryl methyl sites for hydroxylation is 1. The first kappa shape index (κ1) is 23.3. The molecular formula is C23H30N4O5S. The number of hydrogen-bond donors (Lipinski definition) is 1. The first-order valence-corrected chi connectivity index (χ1v) is 12.0. The molecule has 1 fully saturated rings. The van der Waals surface area contributed by atoms with Crippen molar-refractivity contribution in [3.8, 4) is 17.4 Å². The van der Waals surface area contributed by atoms with Gasteiger partial charge in [-0.1, -0.05) is 17.4 Å². The molecular weight excluding hydrogens is 444 g/mol. The van der Waals surface area contributed by atoms with Crippen molar-refractivity contribution in [1.82, 2.24) is 19.5 Å². The Balaban J connectivity index is 1.78. The summed E-state index contributed by atoms with van der Waals surface area (Å²) < 4.78 is 18.1. The van der Waals surface area contributed by atoms with Crippen molar-refractivity contribution in [3.63, 3.8) is 0 Å². The lowest BCUT2D eigenvalue weighted by atomic mass is 9.94. The maximum Gasteiger partial charge on any atom is 0.310 e. The van der Waals surface area contributed by atoms with Crippen LogP contribution in [0.1, 0.15) is 49.0 Å². The molecule has 9 nitrogen and oxygen atoms in total. The summed E-state index contributed by atoms with van der Waals surface area (Å²) in [4.78, 5) is 20.5. The third-order valence-electron chi connectivity index (χ3n) is 5.80. The van der Waals surface area contributed by atoms with Gasteiger partial charge >= 0.3 is 5.97 Å². The van der Waals surface area contributed by atoms with Gasteiger partial charge in [-0.15, -0.1) is 5.10 Å². The first-order valence-electron chi connectivity index (χ1n) is 11.2. The second kappa shape index (κ2) is 9.96. The van der Waals surface area contributed by atoms with Crippen LogP contribution in [0.15, 0.2) is 18.2 Å². The summed E-state index contributed by atoms with van der Waals surface area (Å²) in [7, 11) is 1.61. The molecule has 1 aromatic carbocycles. The van der Waals surface area contributed by atoms with Gasteiger partial charge in [-0.3, -0.25) is 9.69 Å². The predicted molar refractivity (Wildman–Crippen MR) is 124 cm³/mol. The lowest BCUT2D eigenvalue weighted by Gasteiger charge is -2.37. The van der Waals surface area contributed by atoms with Gasteiger partial charge in [0.25, 0.3) is 0 Å². The fourth-order valence-corrected chi connectivity index (χ4v) is 5.54. The molecule has 3 heterocycles. The molecule has 1 aliphatic rings. The van der Waals surface area contributed by atoms with Gasteiger partial charge in [0.05, 0.1) is 37.2 Å². The summed E-state index contributed by atoms with van der Waals surface area (Å²) in [5.74, 6) is 1.56. The predicted octanol–water partition coefficient (Wildman–Crippen LogP) is 3.58. The standard InChI is InChI=1S/C23H30N4O5S/c1-5-31-17-10-9-15(12-18(17)30-4)19(20-21(28)27-23(33-20)24-14(3)25-27)26-11-7-8-16(13-26)22(29)32-6-2/h9-10,12,16,19,28H,5-8,11,13H2,1-4H3/t16-,19-/m1/s1. The van der Waals surface area contributed by atoms with E-state index in [0.29, 0.717) is 42.0 Å². The van der Waals surface area contributed by atoms with Crippen molar-refractivity contribution in [2.24, 2.45) is 5.92 Å². The molecule has 1 N–H and O–H groups in total. The Morgan fingerprint density at radius 2 is 2.12 bits per heavy atom. The number of aromatic nitrogens is 3. The van der Waals surface area contributed by atoms with Crippen molar-refractivity contribution in [2.45, 2.75) is 39.7 Å². The molecule has 178 valence electrons. The highest BCUT2D eigenvalue weighted by molar-refractivity contribution is 7.17. The van der Waals surface area contributed by atoms with Crippen LogP contribution in [0.5, 0.6) is 17.4 Å². The molecule has 10 heteroatoms. The molecule has 0 aliphatic carbocycles. The molecule has 0 saturated carbocycles. The number of piperidine rings is 1. The summed E-state index contributed by atoms with van der Waals surface area (Å²) in [6, 6.07) is 5.49. The number of esters is 1. The van der Waals surface area contributed by atoms with Gasteiger partial charge in [0.2, 0.25) is 10.8 Å². The number of likely N-dealkylation sites (tertiary alicyclic amines) is 1. The summed E-state index contributed by atoms with van der Waals surface area (Å²) >= 11 is 1.40. The SMILES string of the molecule is CCOC(=O)[C@@H]1CCCN([C@H](c2ccc(OCC)c(OC)c2)c2sc3nc(C)nn3c2O)C1. The maximum atomic E-state index is 12.5. The fraction of sp³-hybridized carbons (Fsp3) is 0.522. The number of hydrogen-bond acceptors (Lipinski definition) is 9. The highest BCUT2D eigenvalue weighted by Gasteiger charge is 2.35. The molecule has 33 heavy (non-hydrogen) atoms. The van der Waals surface area contributed by atoms with E-state index in [2.05, 4.69) is 15.0 Å². The van der Waals surface area contributed by atoms with Crippen molar-refractivity contribution in [3.05, 3.63) is 34.5 Å². The van der Waals surface area contributed by atoms with E-state index in [1.165, 1.54) is 15.9 Å². The number of nitrogens with zero attached hydrogens (tertiary/aromatic N) is 4. The number of carbonyl (C=O) groups is 1. The average Bonchev–Trinajstić information content (AvgIpc) is 3.32. The summed E-state index contributed by atoms with van der Waals surface area (Å²) in [6.45, 7) is 7.74. The van der Waals surface area contributed by atoms with Crippen molar-refractivity contribution >= 4 is 22.3 Å². The quantitative estimate of drug-likeness (QED) is 0.495. The molecule has 0 amide bonds. The largest absolute Gasteiger partial charge is 0.493 e. The number of thiazole rings is 1. The monoisotopic (exact) mass is 474 g/mol.